The first-order valence-corrected chi connectivity index (χ1v) is 12.4. The van der Waals surface area contributed by atoms with E-state index in [1.54, 1.807) is 12.1 Å². The Bertz CT molecular complexity index is 1100. The van der Waals surface area contributed by atoms with Crippen LogP contribution >= 0.6 is 22.9 Å². The molecule has 2 aliphatic rings. The lowest BCUT2D eigenvalue weighted by atomic mass is 10.1. The van der Waals surface area contributed by atoms with Crippen LogP contribution in [-0.2, 0) is 14.3 Å². The molecule has 0 radical (unpaired) electrons. The van der Waals surface area contributed by atoms with Crippen molar-refractivity contribution >= 4 is 52.0 Å². The predicted molar refractivity (Wildman–Crippen MR) is 129 cm³/mol. The molecule has 1 aliphatic carbocycles. The van der Waals surface area contributed by atoms with Crippen molar-refractivity contribution in [2.75, 3.05) is 43.1 Å². The Labute approximate surface area is 210 Å². The summed E-state index contributed by atoms with van der Waals surface area (Å²) in [7, 11) is 0. The third kappa shape index (κ3) is 6.75. The Morgan fingerprint density at radius 3 is 2.69 bits per heavy atom. The van der Waals surface area contributed by atoms with Crippen LogP contribution in [0.4, 0.5) is 20.2 Å². The van der Waals surface area contributed by atoms with Gasteiger partial charge in [0.1, 0.15) is 12.6 Å². The Kier molecular flexibility index (Phi) is 8.32. The summed E-state index contributed by atoms with van der Waals surface area (Å²) >= 11 is 7.00. The first kappa shape index (κ1) is 25.5. The van der Waals surface area contributed by atoms with Crippen LogP contribution in [0.3, 0.4) is 0 Å². The van der Waals surface area contributed by atoms with E-state index in [1.807, 2.05) is 0 Å². The molecule has 8 nitrogen and oxygen atoms in total. The second-order valence-electron chi connectivity index (χ2n) is 8.38. The molecule has 2 aromatic rings. The van der Waals surface area contributed by atoms with Crippen LogP contribution in [0.15, 0.2) is 30.3 Å². The molecule has 12 heteroatoms. The highest BCUT2D eigenvalue weighted by Gasteiger charge is 2.28. The molecule has 3 amide bonds. The SMILES string of the molecule is O=C(NC[C@@H](NCC1CC1)C(=O)Nc1ccc(N2CCOCC2=O)cc1C(F)F)c1ccc(Cl)s1. The van der Waals surface area contributed by atoms with Crippen LogP contribution in [-0.4, -0.2) is 56.6 Å². The summed E-state index contributed by atoms with van der Waals surface area (Å²) in [5.41, 5.74) is -0.130. The molecule has 0 spiro atoms. The molecule has 35 heavy (non-hydrogen) atoms. The zero-order valence-corrected chi connectivity index (χ0v) is 20.3. The van der Waals surface area contributed by atoms with Crippen molar-refractivity contribution in [2.45, 2.75) is 25.3 Å². The molecule has 2 fully saturated rings. The zero-order valence-electron chi connectivity index (χ0n) is 18.7. The minimum absolute atomic E-state index is 0.0305. The molecule has 1 saturated heterocycles. The number of thiophene rings is 1. The smallest absolute Gasteiger partial charge is 0.265 e. The molecular formula is C23H25ClF2N4O4S. The van der Waals surface area contributed by atoms with Gasteiger partial charge < -0.3 is 25.6 Å². The average Bonchev–Trinajstić information content (AvgIpc) is 3.56. The van der Waals surface area contributed by atoms with Gasteiger partial charge in [0.2, 0.25) is 5.91 Å². The number of carbonyl (C=O) groups is 3. The highest BCUT2D eigenvalue weighted by atomic mass is 35.5. The first-order chi connectivity index (χ1) is 16.8. The monoisotopic (exact) mass is 526 g/mol. The predicted octanol–water partition coefficient (Wildman–Crippen LogP) is 3.44. The molecule has 3 N–H and O–H groups in total. The second-order valence-corrected chi connectivity index (χ2v) is 10.1. The fourth-order valence-corrected chi connectivity index (χ4v) is 4.59. The number of hydrogen-bond acceptors (Lipinski definition) is 6. The minimum Gasteiger partial charge on any atom is -0.370 e. The van der Waals surface area contributed by atoms with Crippen LogP contribution in [0, 0.1) is 5.92 Å². The number of rotatable bonds is 10. The van der Waals surface area contributed by atoms with E-state index in [4.69, 9.17) is 16.3 Å². The van der Waals surface area contributed by atoms with E-state index >= 15 is 0 Å². The van der Waals surface area contributed by atoms with Gasteiger partial charge in [-0.3, -0.25) is 14.4 Å². The summed E-state index contributed by atoms with van der Waals surface area (Å²) < 4.78 is 33.3. The van der Waals surface area contributed by atoms with E-state index in [9.17, 15) is 23.2 Å². The number of nitrogens with zero attached hydrogens (tertiary/aromatic N) is 1. The third-order valence-electron chi connectivity index (χ3n) is 5.76. The largest absolute Gasteiger partial charge is 0.370 e. The van der Waals surface area contributed by atoms with Crippen LogP contribution in [0.2, 0.25) is 4.34 Å². The molecule has 1 saturated carbocycles. The fourth-order valence-electron chi connectivity index (χ4n) is 3.63. The highest BCUT2D eigenvalue weighted by Crippen LogP contribution is 2.32. The molecule has 2 heterocycles. The third-order valence-corrected chi connectivity index (χ3v) is 6.99. The van der Waals surface area contributed by atoms with Gasteiger partial charge in [0.15, 0.2) is 0 Å². The van der Waals surface area contributed by atoms with Crippen molar-refractivity contribution in [3.63, 3.8) is 0 Å². The molecular weight excluding hydrogens is 502 g/mol. The lowest BCUT2D eigenvalue weighted by Crippen LogP contribution is -2.49. The Morgan fingerprint density at radius 2 is 2.03 bits per heavy atom. The van der Waals surface area contributed by atoms with Gasteiger partial charge in [-0.25, -0.2) is 8.78 Å². The Balaban J connectivity index is 1.46. The second kappa shape index (κ2) is 11.4. The van der Waals surface area contributed by atoms with Crippen LogP contribution in [0.25, 0.3) is 0 Å². The summed E-state index contributed by atoms with van der Waals surface area (Å²) in [6.07, 6.45) is -0.764. The summed E-state index contributed by atoms with van der Waals surface area (Å²) in [5.74, 6) is -0.785. The molecule has 0 unspecified atom stereocenters. The average molecular weight is 527 g/mol. The van der Waals surface area contributed by atoms with Crippen LogP contribution in [0.1, 0.15) is 34.5 Å². The van der Waals surface area contributed by atoms with Gasteiger partial charge in [-0.05, 0) is 55.6 Å². The molecule has 4 rings (SSSR count). The zero-order chi connectivity index (χ0) is 24.9. The standard InChI is InChI=1S/C23H25ClF2N4O4S/c24-19-6-5-18(35-19)23(33)28-11-17(27-10-13-1-2-13)22(32)29-16-4-3-14(9-15(16)21(25)26)30-7-8-34-12-20(30)31/h3-6,9,13,17,21,27H,1-2,7-8,10-12H2,(H,28,33)(H,29,32)/t17-/m1/s1. The van der Waals surface area contributed by atoms with Crippen molar-refractivity contribution in [1.29, 1.82) is 0 Å². The Morgan fingerprint density at radius 1 is 1.23 bits per heavy atom. The summed E-state index contributed by atoms with van der Waals surface area (Å²) in [4.78, 5) is 39.3. The normalized spacial score (nSPS) is 16.9. The van der Waals surface area contributed by atoms with E-state index < -0.39 is 23.9 Å². The van der Waals surface area contributed by atoms with Gasteiger partial charge in [0.25, 0.3) is 18.2 Å². The Hall–Kier alpha value is -2.60. The quantitative estimate of drug-likeness (QED) is 0.440. The number of ether oxygens (including phenoxy) is 1. The van der Waals surface area contributed by atoms with Crippen molar-refractivity contribution in [3.8, 4) is 0 Å². The lowest BCUT2D eigenvalue weighted by molar-refractivity contribution is -0.125. The van der Waals surface area contributed by atoms with Gasteiger partial charge in [0, 0.05) is 30.0 Å². The van der Waals surface area contributed by atoms with Gasteiger partial charge in [0.05, 0.1) is 15.8 Å². The summed E-state index contributed by atoms with van der Waals surface area (Å²) in [6, 6.07) is 6.45. The number of benzene rings is 1. The van der Waals surface area contributed by atoms with Crippen molar-refractivity contribution in [1.82, 2.24) is 10.6 Å². The number of alkyl halides is 2. The maximum absolute atomic E-state index is 13.9. The number of hydrogen-bond donors (Lipinski definition) is 3. The summed E-state index contributed by atoms with van der Waals surface area (Å²) in [6.45, 7) is 1.01. The van der Waals surface area contributed by atoms with E-state index in [0.29, 0.717) is 34.0 Å². The topological polar surface area (TPSA) is 99.8 Å². The lowest BCUT2D eigenvalue weighted by Gasteiger charge is -2.28. The molecule has 1 aromatic heterocycles. The molecule has 188 valence electrons. The number of anilines is 2. The van der Waals surface area contributed by atoms with Crippen LogP contribution < -0.4 is 20.9 Å². The van der Waals surface area contributed by atoms with Crippen molar-refractivity contribution < 1.29 is 27.9 Å². The van der Waals surface area contributed by atoms with Gasteiger partial charge >= 0.3 is 0 Å². The molecule has 1 aliphatic heterocycles. The van der Waals surface area contributed by atoms with Crippen LogP contribution in [0.5, 0.6) is 0 Å². The van der Waals surface area contributed by atoms with Crippen molar-refractivity contribution in [3.05, 3.63) is 45.1 Å². The minimum atomic E-state index is -2.87. The number of halogens is 3. The number of morpholine rings is 1. The molecule has 1 atom stereocenters. The maximum Gasteiger partial charge on any atom is 0.265 e. The van der Waals surface area contributed by atoms with Gasteiger partial charge in [-0.15, -0.1) is 11.3 Å². The van der Waals surface area contributed by atoms with E-state index in [0.717, 1.165) is 24.2 Å². The number of nitrogens with one attached hydrogen (secondary N) is 3. The fraction of sp³-hybridized carbons (Fsp3) is 0.435. The molecule has 0 bridgehead atoms. The van der Waals surface area contributed by atoms with E-state index in [2.05, 4.69) is 16.0 Å². The highest BCUT2D eigenvalue weighted by molar-refractivity contribution is 7.18. The van der Waals surface area contributed by atoms with Crippen molar-refractivity contribution in [2.24, 2.45) is 5.92 Å². The maximum atomic E-state index is 13.9. The summed E-state index contributed by atoms with van der Waals surface area (Å²) in [5, 5.41) is 8.40. The first-order valence-electron chi connectivity index (χ1n) is 11.2. The number of amides is 3. The molecule has 1 aromatic carbocycles. The van der Waals surface area contributed by atoms with Gasteiger partial charge in [-0.2, -0.15) is 0 Å². The van der Waals surface area contributed by atoms with E-state index in [-0.39, 0.29) is 37.2 Å². The van der Waals surface area contributed by atoms with E-state index in [1.165, 1.54) is 23.1 Å². The number of carbonyl (C=O) groups excluding carboxylic acids is 3. The van der Waals surface area contributed by atoms with Gasteiger partial charge in [-0.1, -0.05) is 11.6 Å².